The Hall–Kier alpha value is -2.65. The lowest BCUT2D eigenvalue weighted by Gasteiger charge is -2.35. The van der Waals surface area contributed by atoms with Crippen molar-refractivity contribution in [1.29, 1.82) is 0 Å². The zero-order valence-corrected chi connectivity index (χ0v) is 17.7. The number of sulfonamides is 1. The summed E-state index contributed by atoms with van der Waals surface area (Å²) in [5.74, 6) is -0.692. The minimum atomic E-state index is -3.66. The van der Waals surface area contributed by atoms with E-state index in [0.29, 0.717) is 36.8 Å². The molecule has 3 rings (SSSR count). The second-order valence-corrected chi connectivity index (χ2v) is 9.12. The number of hydroxylamine groups is 1. The monoisotopic (exact) mass is 447 g/mol. The molecule has 1 aliphatic heterocycles. The van der Waals surface area contributed by atoms with Gasteiger partial charge in [-0.25, -0.2) is 13.9 Å². The van der Waals surface area contributed by atoms with Crippen molar-refractivity contribution in [2.75, 3.05) is 31.1 Å². The van der Waals surface area contributed by atoms with Gasteiger partial charge in [0.05, 0.1) is 4.90 Å². The van der Waals surface area contributed by atoms with Crippen molar-refractivity contribution >= 4 is 44.3 Å². The number of halogens is 1. The molecule has 2 aromatic rings. The van der Waals surface area contributed by atoms with Crippen LogP contribution in [0, 0.1) is 0 Å². The summed E-state index contributed by atoms with van der Waals surface area (Å²) in [7, 11) is -3.66. The first-order valence-electron chi connectivity index (χ1n) is 9.23. The molecule has 9 heteroatoms. The van der Waals surface area contributed by atoms with Gasteiger partial charge in [0.25, 0.3) is 5.91 Å². The van der Waals surface area contributed by atoms with E-state index in [9.17, 15) is 13.2 Å². The molecule has 0 radical (unpaired) electrons. The molecule has 0 aromatic heterocycles. The standard InChI is InChI=1S/C21H22ClN3O4S/c1-16(22)18-6-8-19(9-7-18)24-11-13-25(14-12-24)30(28,29)20-4-2-3-17(15-20)5-10-21(26)23-27/h2-10,15,27H,1,11-14H2,(H,23,26)/b10-5+. The first kappa shape index (κ1) is 22.0. The Bertz CT molecular complexity index is 1060. The first-order chi connectivity index (χ1) is 14.3. The largest absolute Gasteiger partial charge is 0.369 e. The van der Waals surface area contributed by atoms with Crippen LogP contribution in [0.15, 0.2) is 66.1 Å². The zero-order valence-electron chi connectivity index (χ0n) is 16.2. The summed E-state index contributed by atoms with van der Waals surface area (Å²) in [6.07, 6.45) is 2.55. The Morgan fingerprint density at radius 2 is 1.77 bits per heavy atom. The molecule has 1 saturated heterocycles. The average molecular weight is 448 g/mol. The van der Waals surface area contributed by atoms with Crippen LogP contribution in [-0.4, -0.2) is 50.0 Å². The lowest BCUT2D eigenvalue weighted by molar-refractivity contribution is -0.124. The van der Waals surface area contributed by atoms with Crippen LogP contribution < -0.4 is 10.4 Å². The summed E-state index contributed by atoms with van der Waals surface area (Å²) in [5.41, 5.74) is 3.89. The van der Waals surface area contributed by atoms with Gasteiger partial charge in [0, 0.05) is 43.0 Å². The molecule has 158 valence electrons. The highest BCUT2D eigenvalue weighted by Crippen LogP contribution is 2.24. The van der Waals surface area contributed by atoms with Crippen molar-refractivity contribution in [3.8, 4) is 0 Å². The number of carbonyl (C=O) groups is 1. The van der Waals surface area contributed by atoms with Gasteiger partial charge in [0.15, 0.2) is 0 Å². The summed E-state index contributed by atoms with van der Waals surface area (Å²) in [6, 6.07) is 14.0. The molecule has 1 amide bonds. The second kappa shape index (κ2) is 9.44. The van der Waals surface area contributed by atoms with Crippen LogP contribution in [0.1, 0.15) is 11.1 Å². The van der Waals surface area contributed by atoms with Gasteiger partial charge in [-0.1, -0.05) is 42.4 Å². The van der Waals surface area contributed by atoms with E-state index in [2.05, 4.69) is 11.5 Å². The third-order valence-corrected chi connectivity index (χ3v) is 6.93. The average Bonchev–Trinajstić information content (AvgIpc) is 2.77. The molecule has 0 saturated carbocycles. The van der Waals surface area contributed by atoms with Crippen LogP contribution in [0.4, 0.5) is 5.69 Å². The molecule has 0 aliphatic carbocycles. The third kappa shape index (κ3) is 5.09. The number of nitrogens with zero attached hydrogens (tertiary/aromatic N) is 2. The maximum absolute atomic E-state index is 13.0. The van der Waals surface area contributed by atoms with Crippen molar-refractivity contribution in [2.24, 2.45) is 0 Å². The number of anilines is 1. The summed E-state index contributed by atoms with van der Waals surface area (Å²) in [6.45, 7) is 5.56. The van der Waals surface area contributed by atoms with Crippen molar-refractivity contribution in [3.63, 3.8) is 0 Å². The SMILES string of the molecule is C=C(Cl)c1ccc(N2CCN(S(=O)(=O)c3cccc(/C=C/C(=O)NO)c3)CC2)cc1. The Morgan fingerprint density at radius 1 is 1.10 bits per heavy atom. The zero-order chi connectivity index (χ0) is 21.7. The molecule has 7 nitrogen and oxygen atoms in total. The number of rotatable bonds is 6. The molecule has 0 spiro atoms. The highest BCUT2D eigenvalue weighted by atomic mass is 35.5. The molecular formula is C21H22ClN3O4S. The number of hydrogen-bond acceptors (Lipinski definition) is 5. The van der Waals surface area contributed by atoms with E-state index in [1.54, 1.807) is 12.1 Å². The normalized spacial score (nSPS) is 15.3. The predicted molar refractivity (Wildman–Crippen MR) is 118 cm³/mol. The smallest absolute Gasteiger partial charge is 0.267 e. The summed E-state index contributed by atoms with van der Waals surface area (Å²) in [4.78, 5) is 13.4. The number of carbonyl (C=O) groups excluding carboxylic acids is 1. The van der Waals surface area contributed by atoms with Gasteiger partial charge in [-0.15, -0.1) is 0 Å². The van der Waals surface area contributed by atoms with Crippen molar-refractivity contribution in [1.82, 2.24) is 9.79 Å². The summed E-state index contributed by atoms with van der Waals surface area (Å²) < 4.78 is 27.5. The van der Waals surface area contributed by atoms with Crippen LogP contribution in [0.2, 0.25) is 0 Å². The fraction of sp³-hybridized carbons (Fsp3) is 0.190. The number of hydrogen-bond donors (Lipinski definition) is 2. The van der Waals surface area contributed by atoms with Crippen LogP contribution in [0.25, 0.3) is 11.1 Å². The molecular weight excluding hydrogens is 426 g/mol. The van der Waals surface area contributed by atoms with E-state index in [1.807, 2.05) is 24.3 Å². The molecule has 0 unspecified atom stereocenters. The maximum Gasteiger partial charge on any atom is 0.267 e. The van der Waals surface area contributed by atoms with Gasteiger partial charge in [0.2, 0.25) is 10.0 Å². The van der Waals surface area contributed by atoms with Gasteiger partial charge < -0.3 is 4.90 Å². The molecule has 0 atom stereocenters. The van der Waals surface area contributed by atoms with E-state index in [4.69, 9.17) is 16.8 Å². The lowest BCUT2D eigenvalue weighted by atomic mass is 10.2. The van der Waals surface area contributed by atoms with Crippen molar-refractivity contribution in [3.05, 3.63) is 72.3 Å². The molecule has 1 fully saturated rings. The second-order valence-electron chi connectivity index (χ2n) is 6.72. The summed E-state index contributed by atoms with van der Waals surface area (Å²) in [5, 5.41) is 9.02. The molecule has 2 aromatic carbocycles. The van der Waals surface area contributed by atoms with Crippen LogP contribution in [0.3, 0.4) is 0 Å². The van der Waals surface area contributed by atoms with Gasteiger partial charge in [-0.2, -0.15) is 4.31 Å². The van der Waals surface area contributed by atoms with E-state index >= 15 is 0 Å². The Labute approximate surface area is 180 Å². The Morgan fingerprint density at radius 3 is 2.37 bits per heavy atom. The summed E-state index contributed by atoms with van der Waals surface area (Å²) >= 11 is 5.91. The third-order valence-electron chi connectivity index (χ3n) is 4.82. The van der Waals surface area contributed by atoms with E-state index in [-0.39, 0.29) is 4.90 Å². The predicted octanol–water partition coefficient (Wildman–Crippen LogP) is 2.93. The quantitative estimate of drug-likeness (QED) is 0.403. The fourth-order valence-electron chi connectivity index (χ4n) is 3.18. The van der Waals surface area contributed by atoms with Crippen LogP contribution >= 0.6 is 11.6 Å². The van der Waals surface area contributed by atoms with Crippen LogP contribution in [0.5, 0.6) is 0 Å². The van der Waals surface area contributed by atoms with E-state index in [1.165, 1.54) is 28.0 Å². The number of amides is 1. The van der Waals surface area contributed by atoms with Crippen molar-refractivity contribution < 1.29 is 18.4 Å². The number of nitrogens with one attached hydrogen (secondary N) is 1. The highest BCUT2D eigenvalue weighted by Gasteiger charge is 2.28. The minimum absolute atomic E-state index is 0.160. The fourth-order valence-corrected chi connectivity index (χ4v) is 4.78. The van der Waals surface area contributed by atoms with Gasteiger partial charge in [-0.3, -0.25) is 10.0 Å². The topological polar surface area (TPSA) is 90.0 Å². The van der Waals surface area contributed by atoms with Gasteiger partial charge in [0.1, 0.15) is 0 Å². The molecule has 1 aliphatic rings. The number of piperazine rings is 1. The molecule has 30 heavy (non-hydrogen) atoms. The van der Waals surface area contributed by atoms with Crippen molar-refractivity contribution in [2.45, 2.75) is 4.90 Å². The highest BCUT2D eigenvalue weighted by molar-refractivity contribution is 7.89. The minimum Gasteiger partial charge on any atom is -0.369 e. The van der Waals surface area contributed by atoms with E-state index in [0.717, 1.165) is 17.3 Å². The molecule has 0 bridgehead atoms. The maximum atomic E-state index is 13.0. The lowest BCUT2D eigenvalue weighted by Crippen LogP contribution is -2.48. The van der Waals surface area contributed by atoms with Gasteiger partial charge in [-0.05, 0) is 41.5 Å². The Kier molecular flexibility index (Phi) is 6.94. The number of benzene rings is 2. The molecule has 1 heterocycles. The Balaban J connectivity index is 1.69. The van der Waals surface area contributed by atoms with Crippen LogP contribution in [-0.2, 0) is 14.8 Å². The molecule has 2 N–H and O–H groups in total. The van der Waals surface area contributed by atoms with Gasteiger partial charge >= 0.3 is 0 Å². The first-order valence-corrected chi connectivity index (χ1v) is 11.1. The van der Waals surface area contributed by atoms with E-state index < -0.39 is 15.9 Å².